The number of carbonyl (C=O) groups excluding carboxylic acids is 3. The topological polar surface area (TPSA) is 127 Å². The maximum atomic E-state index is 13.3. The first-order valence-electron chi connectivity index (χ1n) is 5.88. The third-order valence-corrected chi connectivity index (χ3v) is 2.57. The molecular formula is C12H14F2N4O3. The fourth-order valence-electron chi connectivity index (χ4n) is 1.54. The molecule has 1 aromatic carbocycles. The molecule has 0 aliphatic rings. The van der Waals surface area contributed by atoms with Gasteiger partial charge in [-0.3, -0.25) is 9.59 Å². The zero-order chi connectivity index (χ0) is 16.0. The van der Waals surface area contributed by atoms with E-state index in [1.165, 1.54) is 6.07 Å². The van der Waals surface area contributed by atoms with E-state index < -0.39 is 35.5 Å². The van der Waals surface area contributed by atoms with Crippen LogP contribution < -0.4 is 22.1 Å². The zero-order valence-electron chi connectivity index (χ0n) is 10.9. The molecule has 0 saturated carbocycles. The van der Waals surface area contributed by atoms with E-state index in [4.69, 9.17) is 11.5 Å². The monoisotopic (exact) mass is 300 g/mol. The quantitative estimate of drug-likeness (QED) is 0.511. The van der Waals surface area contributed by atoms with Crippen LogP contribution in [-0.2, 0) is 16.0 Å². The van der Waals surface area contributed by atoms with Crippen LogP contribution in [0.1, 0.15) is 5.56 Å². The van der Waals surface area contributed by atoms with Gasteiger partial charge in [0.2, 0.25) is 11.8 Å². The standard InChI is InChI=1S/C12H14F2N4O3/c13-7-2-1-3-8(14)6(7)4-5-17-12(21)18-9(10(15)19)11(16)20/h1-3,9H,4-5H2,(H2,15,19)(H2,16,20)(H2,17,18,21). The molecule has 0 heterocycles. The fraction of sp³-hybridized carbons (Fsp3) is 0.250. The minimum absolute atomic E-state index is 0.107. The number of urea groups is 1. The predicted molar refractivity (Wildman–Crippen MR) is 68.8 cm³/mol. The number of benzene rings is 1. The molecule has 4 amide bonds. The molecule has 0 aliphatic carbocycles. The highest BCUT2D eigenvalue weighted by molar-refractivity contribution is 6.05. The Morgan fingerprint density at radius 1 is 1.10 bits per heavy atom. The summed E-state index contributed by atoms with van der Waals surface area (Å²) in [5, 5.41) is 4.17. The SMILES string of the molecule is NC(=O)C(NC(=O)NCCc1c(F)cccc1F)C(N)=O. The summed E-state index contributed by atoms with van der Waals surface area (Å²) in [6.45, 7) is -0.117. The van der Waals surface area contributed by atoms with Crippen LogP contribution in [0.25, 0.3) is 0 Å². The van der Waals surface area contributed by atoms with E-state index in [9.17, 15) is 23.2 Å². The minimum atomic E-state index is -1.66. The van der Waals surface area contributed by atoms with Crippen LogP contribution in [0.3, 0.4) is 0 Å². The first-order valence-corrected chi connectivity index (χ1v) is 5.88. The molecule has 0 fully saturated rings. The Morgan fingerprint density at radius 2 is 1.62 bits per heavy atom. The van der Waals surface area contributed by atoms with E-state index in [-0.39, 0.29) is 18.5 Å². The van der Waals surface area contributed by atoms with Crippen LogP contribution in [0.4, 0.5) is 13.6 Å². The van der Waals surface area contributed by atoms with Crippen LogP contribution >= 0.6 is 0 Å². The summed E-state index contributed by atoms with van der Waals surface area (Å²) >= 11 is 0. The van der Waals surface area contributed by atoms with Gasteiger partial charge in [0.15, 0.2) is 6.04 Å². The highest BCUT2D eigenvalue weighted by Crippen LogP contribution is 2.11. The van der Waals surface area contributed by atoms with Crippen molar-refractivity contribution in [3.63, 3.8) is 0 Å². The molecule has 1 aromatic rings. The largest absolute Gasteiger partial charge is 0.367 e. The number of nitrogens with one attached hydrogen (secondary N) is 2. The number of primary amides is 2. The van der Waals surface area contributed by atoms with E-state index in [1.54, 1.807) is 0 Å². The molecule has 0 aromatic heterocycles. The highest BCUT2D eigenvalue weighted by atomic mass is 19.1. The number of halogens is 2. The predicted octanol–water partition coefficient (Wildman–Crippen LogP) is -0.854. The third kappa shape index (κ3) is 4.71. The first kappa shape index (κ1) is 16.3. The molecule has 0 saturated heterocycles. The van der Waals surface area contributed by atoms with E-state index >= 15 is 0 Å². The van der Waals surface area contributed by atoms with Gasteiger partial charge in [-0.05, 0) is 18.6 Å². The first-order chi connectivity index (χ1) is 9.82. The Hall–Kier alpha value is -2.71. The van der Waals surface area contributed by atoms with Gasteiger partial charge in [0.05, 0.1) is 0 Å². The van der Waals surface area contributed by atoms with E-state index in [0.717, 1.165) is 12.1 Å². The van der Waals surface area contributed by atoms with Gasteiger partial charge in [-0.1, -0.05) is 6.07 Å². The van der Waals surface area contributed by atoms with Crippen molar-refractivity contribution in [3.8, 4) is 0 Å². The van der Waals surface area contributed by atoms with Gasteiger partial charge in [-0.25, -0.2) is 13.6 Å². The van der Waals surface area contributed by atoms with Crippen molar-refractivity contribution in [2.24, 2.45) is 11.5 Å². The van der Waals surface area contributed by atoms with Gasteiger partial charge in [0.25, 0.3) is 0 Å². The lowest BCUT2D eigenvalue weighted by molar-refractivity contribution is -0.128. The van der Waals surface area contributed by atoms with Crippen molar-refractivity contribution in [2.75, 3.05) is 6.54 Å². The highest BCUT2D eigenvalue weighted by Gasteiger charge is 2.23. The molecule has 1 rings (SSSR count). The summed E-state index contributed by atoms with van der Waals surface area (Å²) in [6, 6.07) is 0.840. The van der Waals surface area contributed by atoms with Gasteiger partial charge in [0.1, 0.15) is 11.6 Å². The molecule has 0 radical (unpaired) electrons. The summed E-state index contributed by atoms with van der Waals surface area (Å²) in [5.74, 6) is -3.69. The summed E-state index contributed by atoms with van der Waals surface area (Å²) in [7, 11) is 0. The normalized spacial score (nSPS) is 10.2. The summed E-state index contributed by atoms with van der Waals surface area (Å²) in [4.78, 5) is 33.1. The van der Waals surface area contributed by atoms with Crippen molar-refractivity contribution in [1.82, 2.24) is 10.6 Å². The molecule has 0 unspecified atom stereocenters. The van der Waals surface area contributed by atoms with Crippen molar-refractivity contribution >= 4 is 17.8 Å². The van der Waals surface area contributed by atoms with Gasteiger partial charge in [-0.2, -0.15) is 0 Å². The second kappa shape index (κ2) is 7.17. The molecule has 7 nitrogen and oxygen atoms in total. The summed E-state index contributed by atoms with van der Waals surface area (Å²) < 4.78 is 26.6. The molecule has 9 heteroatoms. The minimum Gasteiger partial charge on any atom is -0.367 e. The Labute approximate surface area is 118 Å². The van der Waals surface area contributed by atoms with Gasteiger partial charge in [-0.15, -0.1) is 0 Å². The van der Waals surface area contributed by atoms with Crippen LogP contribution in [0, 0.1) is 11.6 Å². The molecule has 0 atom stereocenters. The fourth-order valence-corrected chi connectivity index (χ4v) is 1.54. The van der Waals surface area contributed by atoms with Crippen molar-refractivity contribution in [3.05, 3.63) is 35.4 Å². The van der Waals surface area contributed by atoms with Gasteiger partial charge < -0.3 is 22.1 Å². The lowest BCUT2D eigenvalue weighted by Crippen LogP contribution is -2.55. The second-order valence-electron chi connectivity index (χ2n) is 4.09. The van der Waals surface area contributed by atoms with Crippen molar-refractivity contribution < 1.29 is 23.2 Å². The number of hydrogen-bond donors (Lipinski definition) is 4. The smallest absolute Gasteiger partial charge is 0.315 e. The Balaban J connectivity index is 2.51. The maximum absolute atomic E-state index is 13.3. The molecule has 6 N–H and O–H groups in total. The van der Waals surface area contributed by atoms with E-state index in [1.807, 2.05) is 5.32 Å². The van der Waals surface area contributed by atoms with E-state index in [0.29, 0.717) is 0 Å². The Morgan fingerprint density at radius 3 is 2.10 bits per heavy atom. The zero-order valence-corrected chi connectivity index (χ0v) is 10.9. The second-order valence-corrected chi connectivity index (χ2v) is 4.09. The summed E-state index contributed by atoms with van der Waals surface area (Å²) in [6.07, 6.45) is -0.107. The lowest BCUT2D eigenvalue weighted by Gasteiger charge is -2.13. The Bertz CT molecular complexity index is 531. The lowest BCUT2D eigenvalue weighted by atomic mass is 10.1. The number of nitrogens with two attached hydrogens (primary N) is 2. The van der Waals surface area contributed by atoms with E-state index in [2.05, 4.69) is 5.32 Å². The number of carbonyl (C=O) groups is 3. The molecule has 114 valence electrons. The van der Waals surface area contributed by atoms with Crippen molar-refractivity contribution in [2.45, 2.75) is 12.5 Å². The average Bonchev–Trinajstić information content (AvgIpc) is 2.38. The molecular weight excluding hydrogens is 286 g/mol. The number of amides is 4. The number of rotatable bonds is 6. The average molecular weight is 300 g/mol. The third-order valence-electron chi connectivity index (χ3n) is 2.57. The van der Waals surface area contributed by atoms with Crippen LogP contribution in [0.5, 0.6) is 0 Å². The van der Waals surface area contributed by atoms with Crippen LogP contribution in [-0.4, -0.2) is 30.4 Å². The molecule has 0 bridgehead atoms. The maximum Gasteiger partial charge on any atom is 0.315 e. The molecule has 0 aliphatic heterocycles. The van der Waals surface area contributed by atoms with Gasteiger partial charge in [0, 0.05) is 12.1 Å². The van der Waals surface area contributed by atoms with Gasteiger partial charge >= 0.3 is 6.03 Å². The number of hydrogen-bond acceptors (Lipinski definition) is 3. The van der Waals surface area contributed by atoms with Crippen LogP contribution in [0.2, 0.25) is 0 Å². The van der Waals surface area contributed by atoms with Crippen molar-refractivity contribution in [1.29, 1.82) is 0 Å². The molecule has 0 spiro atoms. The summed E-state index contributed by atoms with van der Waals surface area (Å²) in [5.41, 5.74) is 9.55. The van der Waals surface area contributed by atoms with Crippen LogP contribution in [0.15, 0.2) is 18.2 Å². The Kier molecular flexibility index (Phi) is 5.58. The molecule has 21 heavy (non-hydrogen) atoms.